The lowest BCUT2D eigenvalue weighted by atomic mass is 10.0. The van der Waals surface area contributed by atoms with E-state index in [1.807, 2.05) is 0 Å². The first kappa shape index (κ1) is 19.4. The number of ether oxygens (including phenoxy) is 1. The zero-order chi connectivity index (χ0) is 15.2. The molecule has 0 heterocycles. The number of aliphatic carboxylic acids is 1. The fourth-order valence-electron chi connectivity index (χ4n) is 1.95. The van der Waals surface area contributed by atoms with Gasteiger partial charge in [0, 0.05) is 19.8 Å². The summed E-state index contributed by atoms with van der Waals surface area (Å²) in [7, 11) is 0. The van der Waals surface area contributed by atoms with Gasteiger partial charge in [0.05, 0.1) is 5.92 Å². The van der Waals surface area contributed by atoms with E-state index in [0.29, 0.717) is 25.5 Å². The Morgan fingerprint density at radius 3 is 2.45 bits per heavy atom. The number of nitrogens with one attached hydrogen (secondary N) is 1. The normalized spacial score (nSPS) is 14.2. The molecule has 0 aromatic carbocycles. The van der Waals surface area contributed by atoms with Crippen molar-refractivity contribution >= 4 is 5.97 Å². The van der Waals surface area contributed by atoms with Crippen LogP contribution in [0, 0.1) is 11.8 Å². The van der Waals surface area contributed by atoms with Crippen LogP contribution in [0.1, 0.15) is 59.3 Å². The van der Waals surface area contributed by atoms with Gasteiger partial charge in [0.2, 0.25) is 0 Å². The largest absolute Gasteiger partial charge is 0.481 e. The standard InChI is InChI=1S/C16H33NO3/c1-4-6-7-10-20-11-8-9-15(16(18)19)13-17-12-14(3)5-2/h14-15,17H,4-13H2,1-3H3,(H,18,19). The fraction of sp³-hybridized carbons (Fsp3) is 0.938. The molecule has 4 heteroatoms. The second-order valence-corrected chi connectivity index (χ2v) is 5.67. The molecule has 0 radical (unpaired) electrons. The molecule has 0 rings (SSSR count). The van der Waals surface area contributed by atoms with E-state index in [1.54, 1.807) is 0 Å². The molecule has 0 aliphatic rings. The molecule has 2 unspecified atom stereocenters. The zero-order valence-electron chi connectivity index (χ0n) is 13.5. The molecule has 0 amide bonds. The molecule has 120 valence electrons. The second-order valence-electron chi connectivity index (χ2n) is 5.67. The molecule has 0 aliphatic heterocycles. The highest BCUT2D eigenvalue weighted by Crippen LogP contribution is 2.07. The van der Waals surface area contributed by atoms with Crippen LogP contribution in [-0.4, -0.2) is 37.4 Å². The third-order valence-electron chi connectivity index (χ3n) is 3.66. The van der Waals surface area contributed by atoms with Crippen LogP contribution in [0.3, 0.4) is 0 Å². The molecule has 0 aromatic rings. The number of hydrogen-bond acceptors (Lipinski definition) is 3. The molecule has 20 heavy (non-hydrogen) atoms. The van der Waals surface area contributed by atoms with E-state index in [9.17, 15) is 9.90 Å². The second kappa shape index (κ2) is 13.4. The Bertz CT molecular complexity index is 234. The van der Waals surface area contributed by atoms with Crippen LogP contribution in [-0.2, 0) is 9.53 Å². The summed E-state index contributed by atoms with van der Waals surface area (Å²) in [4.78, 5) is 11.2. The summed E-state index contributed by atoms with van der Waals surface area (Å²) >= 11 is 0. The summed E-state index contributed by atoms with van der Waals surface area (Å²) in [6.07, 6.45) is 6.15. The Kier molecular flexibility index (Phi) is 13.0. The summed E-state index contributed by atoms with van der Waals surface area (Å²) in [5.74, 6) is -0.391. The van der Waals surface area contributed by atoms with Crippen molar-refractivity contribution in [1.82, 2.24) is 5.32 Å². The van der Waals surface area contributed by atoms with Crippen molar-refractivity contribution < 1.29 is 14.6 Å². The van der Waals surface area contributed by atoms with Gasteiger partial charge in [0.15, 0.2) is 0 Å². The van der Waals surface area contributed by atoms with Gasteiger partial charge < -0.3 is 15.2 Å². The Labute approximate surface area is 124 Å². The van der Waals surface area contributed by atoms with E-state index >= 15 is 0 Å². The molecule has 0 bridgehead atoms. The average Bonchev–Trinajstić information content (AvgIpc) is 2.43. The summed E-state index contributed by atoms with van der Waals surface area (Å²) in [5, 5.41) is 12.5. The lowest BCUT2D eigenvalue weighted by Gasteiger charge is -2.15. The van der Waals surface area contributed by atoms with E-state index in [4.69, 9.17) is 4.74 Å². The summed E-state index contributed by atoms with van der Waals surface area (Å²) < 4.78 is 5.51. The van der Waals surface area contributed by atoms with Gasteiger partial charge in [-0.1, -0.05) is 40.0 Å². The number of unbranched alkanes of at least 4 members (excludes halogenated alkanes) is 2. The van der Waals surface area contributed by atoms with Crippen LogP contribution in [0.2, 0.25) is 0 Å². The van der Waals surface area contributed by atoms with Crippen molar-refractivity contribution in [2.24, 2.45) is 11.8 Å². The molecular weight excluding hydrogens is 254 g/mol. The van der Waals surface area contributed by atoms with Crippen LogP contribution < -0.4 is 5.32 Å². The topological polar surface area (TPSA) is 58.6 Å². The molecule has 4 nitrogen and oxygen atoms in total. The number of carboxylic acids is 1. The van der Waals surface area contributed by atoms with Crippen LogP contribution in [0.25, 0.3) is 0 Å². The van der Waals surface area contributed by atoms with E-state index in [2.05, 4.69) is 26.1 Å². The van der Waals surface area contributed by atoms with Gasteiger partial charge in [-0.2, -0.15) is 0 Å². The predicted octanol–water partition coefficient (Wildman–Crippen LogP) is 3.31. The Balaban J connectivity index is 3.62. The molecule has 0 aliphatic carbocycles. The van der Waals surface area contributed by atoms with Crippen LogP contribution in [0.15, 0.2) is 0 Å². The maximum atomic E-state index is 11.2. The van der Waals surface area contributed by atoms with Gasteiger partial charge >= 0.3 is 5.97 Å². The minimum atomic E-state index is -0.701. The van der Waals surface area contributed by atoms with Crippen molar-refractivity contribution in [3.63, 3.8) is 0 Å². The van der Waals surface area contributed by atoms with Gasteiger partial charge in [0.1, 0.15) is 0 Å². The first-order chi connectivity index (χ1) is 9.61. The van der Waals surface area contributed by atoms with Crippen molar-refractivity contribution in [1.29, 1.82) is 0 Å². The first-order valence-electron chi connectivity index (χ1n) is 8.13. The third-order valence-corrected chi connectivity index (χ3v) is 3.66. The molecule has 2 N–H and O–H groups in total. The van der Waals surface area contributed by atoms with Crippen LogP contribution in [0.4, 0.5) is 0 Å². The van der Waals surface area contributed by atoms with Crippen LogP contribution >= 0.6 is 0 Å². The highest BCUT2D eigenvalue weighted by Gasteiger charge is 2.16. The predicted molar refractivity (Wildman–Crippen MR) is 83.0 cm³/mol. The van der Waals surface area contributed by atoms with Gasteiger partial charge in [-0.25, -0.2) is 0 Å². The molecule has 0 spiro atoms. The minimum absolute atomic E-state index is 0.293. The number of carbonyl (C=O) groups is 1. The highest BCUT2D eigenvalue weighted by molar-refractivity contribution is 5.70. The maximum absolute atomic E-state index is 11.2. The molecule has 0 saturated heterocycles. The summed E-state index contributed by atoms with van der Waals surface area (Å²) in [5.41, 5.74) is 0. The lowest BCUT2D eigenvalue weighted by molar-refractivity contribution is -0.141. The zero-order valence-corrected chi connectivity index (χ0v) is 13.5. The van der Waals surface area contributed by atoms with Crippen LogP contribution in [0.5, 0.6) is 0 Å². The average molecular weight is 287 g/mol. The third kappa shape index (κ3) is 11.2. The number of hydrogen-bond donors (Lipinski definition) is 2. The fourth-order valence-corrected chi connectivity index (χ4v) is 1.95. The molecule has 2 atom stereocenters. The van der Waals surface area contributed by atoms with E-state index < -0.39 is 5.97 Å². The minimum Gasteiger partial charge on any atom is -0.481 e. The molecule has 0 aromatic heterocycles. The highest BCUT2D eigenvalue weighted by atomic mass is 16.5. The van der Waals surface area contributed by atoms with Gasteiger partial charge in [-0.05, 0) is 31.7 Å². The van der Waals surface area contributed by atoms with Crippen molar-refractivity contribution in [2.45, 2.75) is 59.3 Å². The lowest BCUT2D eigenvalue weighted by Crippen LogP contribution is -2.31. The summed E-state index contributed by atoms with van der Waals surface area (Å²) in [6.45, 7) is 9.44. The number of carboxylic acid groups (broad SMARTS) is 1. The van der Waals surface area contributed by atoms with Crippen molar-refractivity contribution in [3.8, 4) is 0 Å². The van der Waals surface area contributed by atoms with Gasteiger partial charge in [-0.3, -0.25) is 4.79 Å². The monoisotopic (exact) mass is 287 g/mol. The van der Waals surface area contributed by atoms with Crippen molar-refractivity contribution in [3.05, 3.63) is 0 Å². The Morgan fingerprint density at radius 2 is 1.85 bits per heavy atom. The quantitative estimate of drug-likeness (QED) is 0.481. The number of rotatable bonds is 14. The Hall–Kier alpha value is -0.610. The molecule has 0 saturated carbocycles. The van der Waals surface area contributed by atoms with E-state index in [1.165, 1.54) is 12.8 Å². The summed E-state index contributed by atoms with van der Waals surface area (Å²) in [6, 6.07) is 0. The first-order valence-corrected chi connectivity index (χ1v) is 8.13. The Morgan fingerprint density at radius 1 is 1.15 bits per heavy atom. The maximum Gasteiger partial charge on any atom is 0.307 e. The SMILES string of the molecule is CCCCCOCCCC(CNCC(C)CC)C(=O)O. The molecule has 0 fully saturated rings. The molecular formula is C16H33NO3. The smallest absolute Gasteiger partial charge is 0.307 e. The van der Waals surface area contributed by atoms with Gasteiger partial charge in [0.25, 0.3) is 0 Å². The van der Waals surface area contributed by atoms with Gasteiger partial charge in [-0.15, -0.1) is 0 Å². The van der Waals surface area contributed by atoms with E-state index in [-0.39, 0.29) is 5.92 Å². The van der Waals surface area contributed by atoms with E-state index in [0.717, 1.165) is 32.4 Å². The van der Waals surface area contributed by atoms with Crippen molar-refractivity contribution in [2.75, 3.05) is 26.3 Å².